The highest BCUT2D eigenvalue weighted by Gasteiger charge is 2.44. The first-order chi connectivity index (χ1) is 8.90. The number of hydrogen-bond acceptors (Lipinski definition) is 2. The van der Waals surface area contributed by atoms with Crippen molar-refractivity contribution < 1.29 is 0 Å². The van der Waals surface area contributed by atoms with Gasteiger partial charge in [0.1, 0.15) is 0 Å². The zero-order chi connectivity index (χ0) is 12.4. The van der Waals surface area contributed by atoms with Gasteiger partial charge in [0.05, 0.1) is 0 Å². The van der Waals surface area contributed by atoms with Gasteiger partial charge < -0.3 is 5.32 Å². The van der Waals surface area contributed by atoms with Gasteiger partial charge in [-0.2, -0.15) is 0 Å². The quantitative estimate of drug-likeness (QED) is 0.755. The SMILES string of the molecule is CCCNCC1CCC1N1CCC2CCCCC21. The Bertz CT molecular complexity index is 266. The van der Waals surface area contributed by atoms with Crippen LogP contribution in [0.1, 0.15) is 58.3 Å². The first kappa shape index (κ1) is 12.9. The maximum Gasteiger partial charge on any atom is 0.0139 e. The molecular formula is C16H30N2. The standard InChI is InChI=1S/C16H30N2/c1-2-10-17-12-14-7-8-16(14)18-11-9-13-5-3-4-6-15(13)18/h13-17H,2-12H2,1H3. The normalized spacial score (nSPS) is 40.5. The zero-order valence-electron chi connectivity index (χ0n) is 12.0. The fourth-order valence-electron chi connectivity index (χ4n) is 4.54. The van der Waals surface area contributed by atoms with Gasteiger partial charge in [-0.15, -0.1) is 0 Å². The monoisotopic (exact) mass is 250 g/mol. The lowest BCUT2D eigenvalue weighted by Crippen LogP contribution is -2.53. The number of fused-ring (bicyclic) bond motifs is 1. The molecule has 2 heteroatoms. The van der Waals surface area contributed by atoms with Gasteiger partial charge in [0, 0.05) is 12.1 Å². The molecule has 0 bridgehead atoms. The number of likely N-dealkylation sites (tertiary alicyclic amines) is 1. The van der Waals surface area contributed by atoms with Gasteiger partial charge in [-0.1, -0.05) is 19.8 Å². The molecule has 1 N–H and O–H groups in total. The highest BCUT2D eigenvalue weighted by molar-refractivity contribution is 4.98. The van der Waals surface area contributed by atoms with Crippen LogP contribution < -0.4 is 5.32 Å². The van der Waals surface area contributed by atoms with E-state index in [1.165, 1.54) is 71.0 Å². The second-order valence-corrected chi connectivity index (χ2v) is 6.75. The lowest BCUT2D eigenvalue weighted by atomic mass is 9.76. The van der Waals surface area contributed by atoms with E-state index in [9.17, 15) is 0 Å². The summed E-state index contributed by atoms with van der Waals surface area (Å²) in [5, 5.41) is 3.64. The molecule has 1 saturated heterocycles. The van der Waals surface area contributed by atoms with Crippen molar-refractivity contribution >= 4 is 0 Å². The second-order valence-electron chi connectivity index (χ2n) is 6.75. The Hall–Kier alpha value is -0.0800. The first-order valence-electron chi connectivity index (χ1n) is 8.36. The molecule has 4 unspecified atom stereocenters. The number of nitrogens with zero attached hydrogens (tertiary/aromatic N) is 1. The summed E-state index contributed by atoms with van der Waals surface area (Å²) in [4.78, 5) is 2.92. The molecule has 2 nitrogen and oxygen atoms in total. The van der Waals surface area contributed by atoms with Crippen LogP contribution in [0.2, 0.25) is 0 Å². The van der Waals surface area contributed by atoms with Gasteiger partial charge >= 0.3 is 0 Å². The summed E-state index contributed by atoms with van der Waals surface area (Å²) in [6.45, 7) is 6.14. The Balaban J connectivity index is 1.51. The smallest absolute Gasteiger partial charge is 0.0139 e. The van der Waals surface area contributed by atoms with Crippen LogP contribution >= 0.6 is 0 Å². The Morgan fingerprint density at radius 2 is 1.89 bits per heavy atom. The molecule has 3 fully saturated rings. The summed E-state index contributed by atoms with van der Waals surface area (Å²) < 4.78 is 0. The third kappa shape index (κ3) is 2.46. The average molecular weight is 250 g/mol. The molecule has 1 aliphatic heterocycles. The topological polar surface area (TPSA) is 15.3 Å². The molecule has 104 valence electrons. The third-order valence-corrected chi connectivity index (χ3v) is 5.69. The maximum absolute atomic E-state index is 3.64. The van der Waals surface area contributed by atoms with Crippen LogP contribution in [0.4, 0.5) is 0 Å². The van der Waals surface area contributed by atoms with E-state index in [2.05, 4.69) is 17.1 Å². The van der Waals surface area contributed by atoms with Crippen molar-refractivity contribution in [2.75, 3.05) is 19.6 Å². The highest BCUT2D eigenvalue weighted by atomic mass is 15.2. The minimum atomic E-state index is 0.933. The van der Waals surface area contributed by atoms with Crippen molar-refractivity contribution in [3.63, 3.8) is 0 Å². The highest BCUT2D eigenvalue weighted by Crippen LogP contribution is 2.42. The molecule has 0 aromatic carbocycles. The van der Waals surface area contributed by atoms with E-state index in [-0.39, 0.29) is 0 Å². The summed E-state index contributed by atoms with van der Waals surface area (Å²) >= 11 is 0. The molecule has 0 aromatic heterocycles. The van der Waals surface area contributed by atoms with Gasteiger partial charge in [-0.05, 0) is 70.0 Å². The second kappa shape index (κ2) is 5.92. The molecule has 2 saturated carbocycles. The minimum absolute atomic E-state index is 0.933. The van der Waals surface area contributed by atoms with E-state index < -0.39 is 0 Å². The van der Waals surface area contributed by atoms with E-state index in [0.717, 1.165) is 23.9 Å². The van der Waals surface area contributed by atoms with E-state index in [1.54, 1.807) is 0 Å². The van der Waals surface area contributed by atoms with Gasteiger partial charge in [0.2, 0.25) is 0 Å². The number of hydrogen-bond donors (Lipinski definition) is 1. The summed E-state index contributed by atoms with van der Waals surface area (Å²) in [6, 6.07) is 1.90. The maximum atomic E-state index is 3.64. The largest absolute Gasteiger partial charge is 0.316 e. The lowest BCUT2D eigenvalue weighted by Gasteiger charge is -2.47. The van der Waals surface area contributed by atoms with E-state index >= 15 is 0 Å². The molecule has 0 spiro atoms. The van der Waals surface area contributed by atoms with Crippen molar-refractivity contribution in [3.05, 3.63) is 0 Å². The molecule has 3 rings (SSSR count). The van der Waals surface area contributed by atoms with E-state index in [0.29, 0.717) is 0 Å². The van der Waals surface area contributed by atoms with Crippen LogP contribution in [0, 0.1) is 11.8 Å². The number of nitrogens with one attached hydrogen (secondary N) is 1. The Labute approximate surface area is 113 Å². The van der Waals surface area contributed by atoms with Crippen molar-refractivity contribution in [1.82, 2.24) is 10.2 Å². The molecule has 18 heavy (non-hydrogen) atoms. The van der Waals surface area contributed by atoms with Crippen molar-refractivity contribution in [2.24, 2.45) is 11.8 Å². The molecule has 0 amide bonds. The third-order valence-electron chi connectivity index (χ3n) is 5.69. The fourth-order valence-corrected chi connectivity index (χ4v) is 4.54. The minimum Gasteiger partial charge on any atom is -0.316 e. The van der Waals surface area contributed by atoms with Crippen LogP contribution in [0.3, 0.4) is 0 Å². The van der Waals surface area contributed by atoms with Crippen molar-refractivity contribution in [2.45, 2.75) is 70.4 Å². The number of rotatable bonds is 5. The van der Waals surface area contributed by atoms with Crippen LogP contribution in [-0.4, -0.2) is 36.6 Å². The molecule has 3 aliphatic rings. The fraction of sp³-hybridized carbons (Fsp3) is 1.00. The van der Waals surface area contributed by atoms with Crippen LogP contribution in [0.15, 0.2) is 0 Å². The van der Waals surface area contributed by atoms with E-state index in [4.69, 9.17) is 0 Å². The van der Waals surface area contributed by atoms with Crippen LogP contribution in [0.25, 0.3) is 0 Å². The molecule has 0 radical (unpaired) electrons. The van der Waals surface area contributed by atoms with Gasteiger partial charge in [-0.25, -0.2) is 0 Å². The van der Waals surface area contributed by atoms with Crippen LogP contribution in [0.5, 0.6) is 0 Å². The summed E-state index contributed by atoms with van der Waals surface area (Å²) in [6.07, 6.45) is 11.7. The first-order valence-corrected chi connectivity index (χ1v) is 8.36. The average Bonchev–Trinajstić information content (AvgIpc) is 2.78. The van der Waals surface area contributed by atoms with Crippen molar-refractivity contribution in [1.29, 1.82) is 0 Å². The van der Waals surface area contributed by atoms with E-state index in [1.807, 2.05) is 0 Å². The van der Waals surface area contributed by atoms with Gasteiger partial charge in [-0.3, -0.25) is 4.90 Å². The summed E-state index contributed by atoms with van der Waals surface area (Å²) in [5.74, 6) is 2.01. The molecule has 0 aromatic rings. The zero-order valence-corrected chi connectivity index (χ0v) is 12.0. The Morgan fingerprint density at radius 3 is 2.67 bits per heavy atom. The van der Waals surface area contributed by atoms with Crippen molar-refractivity contribution in [3.8, 4) is 0 Å². The lowest BCUT2D eigenvalue weighted by molar-refractivity contribution is 0.0340. The summed E-state index contributed by atoms with van der Waals surface area (Å²) in [5.41, 5.74) is 0. The van der Waals surface area contributed by atoms with Crippen LogP contribution in [-0.2, 0) is 0 Å². The predicted molar refractivity (Wildman–Crippen MR) is 76.7 cm³/mol. The Morgan fingerprint density at radius 1 is 1.00 bits per heavy atom. The molecular weight excluding hydrogens is 220 g/mol. The molecule has 4 atom stereocenters. The Kier molecular flexibility index (Phi) is 4.25. The predicted octanol–water partition coefficient (Wildman–Crippen LogP) is 3.03. The summed E-state index contributed by atoms with van der Waals surface area (Å²) in [7, 11) is 0. The molecule has 1 heterocycles. The van der Waals surface area contributed by atoms with Gasteiger partial charge in [0.25, 0.3) is 0 Å². The van der Waals surface area contributed by atoms with Gasteiger partial charge in [0.15, 0.2) is 0 Å². The molecule has 2 aliphatic carbocycles.